The van der Waals surface area contributed by atoms with Crippen molar-refractivity contribution in [3.05, 3.63) is 27.8 Å². The monoisotopic (exact) mass is 335 g/mol. The Morgan fingerprint density at radius 1 is 1.44 bits per heavy atom. The third kappa shape index (κ3) is 5.67. The van der Waals surface area contributed by atoms with Gasteiger partial charge in [-0.25, -0.2) is 0 Å². The summed E-state index contributed by atoms with van der Waals surface area (Å²) in [6.45, 7) is 4.79. The molecule has 1 rings (SSSR count). The zero-order valence-corrected chi connectivity index (χ0v) is 11.8. The molecule has 0 saturated carbocycles. The van der Waals surface area contributed by atoms with Gasteiger partial charge in [-0.1, -0.05) is 6.07 Å². The quantitative estimate of drug-likeness (QED) is 0.785. The lowest BCUT2D eigenvalue weighted by Crippen LogP contribution is -2.26. The Labute approximate surface area is 110 Å². The summed E-state index contributed by atoms with van der Waals surface area (Å²) in [5.74, 6) is 0. The molecule has 0 saturated heterocycles. The Bertz CT molecular complexity index is 318. The van der Waals surface area contributed by atoms with Gasteiger partial charge in [0, 0.05) is 15.8 Å². The predicted octanol–water partition coefficient (Wildman–Crippen LogP) is 2.49. The van der Waals surface area contributed by atoms with Crippen LogP contribution in [0.25, 0.3) is 0 Å². The Morgan fingerprint density at radius 2 is 2.19 bits per heavy atom. The molecule has 1 atom stereocenters. The van der Waals surface area contributed by atoms with E-state index < -0.39 is 6.10 Å². The summed E-state index contributed by atoms with van der Waals surface area (Å²) in [6, 6.07) is 8.04. The van der Waals surface area contributed by atoms with Crippen molar-refractivity contribution in [3.63, 3.8) is 0 Å². The van der Waals surface area contributed by atoms with Crippen LogP contribution in [-0.4, -0.2) is 30.5 Å². The molecule has 0 aliphatic carbocycles. The van der Waals surface area contributed by atoms with Crippen molar-refractivity contribution in [3.8, 4) is 0 Å². The highest BCUT2D eigenvalue weighted by atomic mass is 127. The number of hydrogen-bond donors (Lipinski definition) is 2. The Morgan fingerprint density at radius 3 is 2.81 bits per heavy atom. The minimum atomic E-state index is -0.472. The van der Waals surface area contributed by atoms with Crippen LogP contribution in [0, 0.1) is 3.57 Å². The van der Waals surface area contributed by atoms with E-state index in [0.717, 1.165) is 5.69 Å². The van der Waals surface area contributed by atoms with Crippen molar-refractivity contribution in [2.45, 2.75) is 26.1 Å². The summed E-state index contributed by atoms with van der Waals surface area (Å²) in [5, 5.41) is 12.8. The van der Waals surface area contributed by atoms with E-state index in [0.29, 0.717) is 13.2 Å². The van der Waals surface area contributed by atoms with Gasteiger partial charge in [0.15, 0.2) is 0 Å². The second-order valence-corrected chi connectivity index (χ2v) is 5.17. The first-order valence-electron chi connectivity index (χ1n) is 5.37. The number of halogens is 1. The molecule has 90 valence electrons. The van der Waals surface area contributed by atoms with Gasteiger partial charge in [0.05, 0.1) is 18.8 Å². The van der Waals surface area contributed by atoms with E-state index in [1.165, 1.54) is 3.57 Å². The fourth-order valence-electron chi connectivity index (χ4n) is 1.20. The van der Waals surface area contributed by atoms with Crippen molar-refractivity contribution in [2.75, 3.05) is 18.5 Å². The minimum absolute atomic E-state index is 0.160. The number of hydrogen-bond acceptors (Lipinski definition) is 3. The largest absolute Gasteiger partial charge is 0.389 e. The molecule has 0 fully saturated rings. The molecule has 0 heterocycles. The highest BCUT2D eigenvalue weighted by molar-refractivity contribution is 14.1. The third-order valence-electron chi connectivity index (χ3n) is 1.99. The molecule has 16 heavy (non-hydrogen) atoms. The lowest BCUT2D eigenvalue weighted by Gasteiger charge is -2.15. The van der Waals surface area contributed by atoms with Crippen LogP contribution in [0.3, 0.4) is 0 Å². The van der Waals surface area contributed by atoms with Gasteiger partial charge in [0.1, 0.15) is 0 Å². The van der Waals surface area contributed by atoms with E-state index >= 15 is 0 Å². The summed E-state index contributed by atoms with van der Waals surface area (Å²) in [7, 11) is 0. The number of rotatable bonds is 6. The van der Waals surface area contributed by atoms with Crippen LogP contribution in [0.5, 0.6) is 0 Å². The Hall–Kier alpha value is -0.330. The van der Waals surface area contributed by atoms with Crippen LogP contribution in [0.4, 0.5) is 5.69 Å². The summed E-state index contributed by atoms with van der Waals surface area (Å²) in [6.07, 6.45) is -0.312. The molecule has 1 aromatic carbocycles. The van der Waals surface area contributed by atoms with Crippen LogP contribution >= 0.6 is 22.6 Å². The standard InChI is InChI=1S/C12H18INO2/c1-9(2)16-8-12(15)7-14-11-5-3-4-10(13)6-11/h3-6,9,12,14-15H,7-8H2,1-2H3. The lowest BCUT2D eigenvalue weighted by atomic mass is 10.3. The van der Waals surface area contributed by atoms with E-state index in [1.54, 1.807) is 0 Å². The molecule has 2 N–H and O–H groups in total. The van der Waals surface area contributed by atoms with Gasteiger partial charge in [-0.3, -0.25) is 0 Å². The summed E-state index contributed by atoms with van der Waals surface area (Å²) < 4.78 is 6.50. The molecule has 0 amide bonds. The van der Waals surface area contributed by atoms with Gasteiger partial charge in [0.2, 0.25) is 0 Å². The Balaban J connectivity index is 2.28. The number of aliphatic hydroxyl groups is 1. The molecule has 1 aromatic rings. The van der Waals surface area contributed by atoms with Crippen molar-refractivity contribution in [2.24, 2.45) is 0 Å². The van der Waals surface area contributed by atoms with E-state index in [1.807, 2.05) is 38.1 Å². The van der Waals surface area contributed by atoms with Crippen molar-refractivity contribution in [1.82, 2.24) is 0 Å². The van der Waals surface area contributed by atoms with Gasteiger partial charge < -0.3 is 15.2 Å². The first-order chi connectivity index (χ1) is 7.58. The molecule has 3 nitrogen and oxygen atoms in total. The normalized spacial score (nSPS) is 12.8. The van der Waals surface area contributed by atoms with Gasteiger partial charge in [-0.15, -0.1) is 0 Å². The van der Waals surface area contributed by atoms with Crippen LogP contribution in [0.15, 0.2) is 24.3 Å². The molecule has 0 aliphatic heterocycles. The smallest absolute Gasteiger partial charge is 0.0945 e. The first kappa shape index (κ1) is 13.7. The highest BCUT2D eigenvalue weighted by Gasteiger charge is 2.05. The van der Waals surface area contributed by atoms with E-state index in [9.17, 15) is 5.11 Å². The van der Waals surface area contributed by atoms with E-state index in [-0.39, 0.29) is 6.10 Å². The van der Waals surface area contributed by atoms with Crippen LogP contribution in [0.1, 0.15) is 13.8 Å². The van der Waals surface area contributed by atoms with E-state index in [4.69, 9.17) is 4.74 Å². The third-order valence-corrected chi connectivity index (χ3v) is 2.66. The van der Waals surface area contributed by atoms with Gasteiger partial charge in [-0.2, -0.15) is 0 Å². The summed E-state index contributed by atoms with van der Waals surface area (Å²) in [4.78, 5) is 0. The second-order valence-electron chi connectivity index (χ2n) is 3.93. The van der Waals surface area contributed by atoms with Crippen molar-refractivity contribution >= 4 is 28.3 Å². The minimum Gasteiger partial charge on any atom is -0.389 e. The zero-order valence-electron chi connectivity index (χ0n) is 9.61. The zero-order chi connectivity index (χ0) is 12.0. The molecule has 0 bridgehead atoms. The average molecular weight is 335 g/mol. The average Bonchev–Trinajstić information content (AvgIpc) is 2.23. The van der Waals surface area contributed by atoms with Gasteiger partial charge >= 0.3 is 0 Å². The maximum absolute atomic E-state index is 9.64. The molecular formula is C12H18INO2. The van der Waals surface area contributed by atoms with Crippen molar-refractivity contribution in [1.29, 1.82) is 0 Å². The summed E-state index contributed by atoms with van der Waals surface area (Å²) >= 11 is 2.26. The maximum atomic E-state index is 9.64. The lowest BCUT2D eigenvalue weighted by molar-refractivity contribution is 0.0112. The molecule has 4 heteroatoms. The molecule has 0 aliphatic rings. The fraction of sp³-hybridized carbons (Fsp3) is 0.500. The number of nitrogens with one attached hydrogen (secondary N) is 1. The number of anilines is 1. The van der Waals surface area contributed by atoms with Crippen LogP contribution < -0.4 is 5.32 Å². The molecular weight excluding hydrogens is 317 g/mol. The van der Waals surface area contributed by atoms with Crippen LogP contribution in [0.2, 0.25) is 0 Å². The van der Waals surface area contributed by atoms with E-state index in [2.05, 4.69) is 27.9 Å². The topological polar surface area (TPSA) is 41.5 Å². The van der Waals surface area contributed by atoms with Gasteiger partial charge in [0.25, 0.3) is 0 Å². The van der Waals surface area contributed by atoms with Crippen LogP contribution in [-0.2, 0) is 4.74 Å². The van der Waals surface area contributed by atoms with Crippen molar-refractivity contribution < 1.29 is 9.84 Å². The number of ether oxygens (including phenoxy) is 1. The molecule has 0 spiro atoms. The molecule has 1 unspecified atom stereocenters. The number of benzene rings is 1. The first-order valence-corrected chi connectivity index (χ1v) is 6.45. The highest BCUT2D eigenvalue weighted by Crippen LogP contribution is 2.12. The molecule has 0 aromatic heterocycles. The Kier molecular flexibility index (Phi) is 6.08. The number of aliphatic hydroxyl groups excluding tert-OH is 1. The molecule has 0 radical (unpaired) electrons. The predicted molar refractivity (Wildman–Crippen MR) is 74.7 cm³/mol. The van der Waals surface area contributed by atoms with Gasteiger partial charge in [-0.05, 0) is 54.6 Å². The second kappa shape index (κ2) is 7.09. The summed E-state index contributed by atoms with van der Waals surface area (Å²) in [5.41, 5.74) is 1.02. The maximum Gasteiger partial charge on any atom is 0.0945 e. The SMILES string of the molecule is CC(C)OCC(O)CNc1cccc(I)c1. The fourth-order valence-corrected chi connectivity index (χ4v) is 1.74.